The summed E-state index contributed by atoms with van der Waals surface area (Å²) in [5.74, 6) is -0.732. The number of hydrogen-bond acceptors (Lipinski definition) is 6. The number of nitrogens with one attached hydrogen (secondary N) is 2. The summed E-state index contributed by atoms with van der Waals surface area (Å²) in [6.07, 6.45) is 5.53. The van der Waals surface area contributed by atoms with E-state index in [9.17, 15) is 8.42 Å². The predicted molar refractivity (Wildman–Crippen MR) is 150 cm³/mol. The van der Waals surface area contributed by atoms with Gasteiger partial charge in [0.2, 0.25) is 10.0 Å². The molecule has 0 radical (unpaired) electrons. The van der Waals surface area contributed by atoms with Crippen LogP contribution in [-0.4, -0.2) is 54.6 Å². The maximum atomic E-state index is 15.7. The summed E-state index contributed by atoms with van der Waals surface area (Å²) < 4.78 is 44.5. The monoisotopic (exact) mass is 534 g/mol. The van der Waals surface area contributed by atoms with Crippen LogP contribution in [0.3, 0.4) is 0 Å². The molecule has 0 bridgehead atoms. The molecule has 2 aromatic heterocycles. The zero-order chi connectivity index (χ0) is 26.7. The van der Waals surface area contributed by atoms with E-state index in [0.717, 1.165) is 36.6 Å². The molecule has 1 saturated heterocycles. The summed E-state index contributed by atoms with van der Waals surface area (Å²) in [6, 6.07) is 16.9. The van der Waals surface area contributed by atoms with Gasteiger partial charge in [0.25, 0.3) is 0 Å². The van der Waals surface area contributed by atoms with E-state index in [-0.39, 0.29) is 17.0 Å². The fourth-order valence-electron chi connectivity index (χ4n) is 4.75. The van der Waals surface area contributed by atoms with Crippen LogP contribution >= 0.6 is 0 Å². The number of nitrogens with zero attached hydrogens (tertiary/aromatic N) is 4. The van der Waals surface area contributed by atoms with Crippen molar-refractivity contribution < 1.29 is 12.8 Å². The molecule has 0 amide bonds. The molecule has 1 aliphatic heterocycles. The molecule has 5 rings (SSSR count). The lowest BCUT2D eigenvalue weighted by Crippen LogP contribution is -2.49. The van der Waals surface area contributed by atoms with Crippen molar-refractivity contribution >= 4 is 21.4 Å². The number of halogens is 1. The van der Waals surface area contributed by atoms with Gasteiger partial charge in [-0.05, 0) is 55.8 Å². The second-order valence-corrected chi connectivity index (χ2v) is 11.3. The SMILES string of the molecule is CCCS(=O)(=O)Nc1cccc(-c2cn(-c3ccc(N4CCNC[C@H]4C)cc3)nc2-c2ccncc2)c1F. The third-order valence-corrected chi connectivity index (χ3v) is 8.12. The van der Waals surface area contributed by atoms with Crippen LogP contribution in [0.15, 0.2) is 73.2 Å². The zero-order valence-corrected chi connectivity index (χ0v) is 22.2. The van der Waals surface area contributed by atoms with E-state index < -0.39 is 15.8 Å². The highest BCUT2D eigenvalue weighted by molar-refractivity contribution is 7.92. The van der Waals surface area contributed by atoms with Crippen LogP contribution in [-0.2, 0) is 10.0 Å². The number of hydrogen-bond donors (Lipinski definition) is 2. The lowest BCUT2D eigenvalue weighted by atomic mass is 10.0. The summed E-state index contributed by atoms with van der Waals surface area (Å²) in [4.78, 5) is 6.47. The summed E-state index contributed by atoms with van der Waals surface area (Å²) in [6.45, 7) is 6.79. The summed E-state index contributed by atoms with van der Waals surface area (Å²) in [7, 11) is -3.65. The number of pyridine rings is 1. The standard InChI is InChI=1S/C28H31FN6O2S/c1-3-17-38(36,37)33-26-6-4-5-24(27(26)29)25-19-35(32-28(25)21-11-13-30-14-12-21)23-9-7-22(8-10-23)34-16-15-31-18-20(34)2/h4-14,19-20,31,33H,3,15-18H2,1-2H3/t20-/m1/s1. The van der Waals surface area contributed by atoms with Gasteiger partial charge in [0.15, 0.2) is 5.82 Å². The first-order valence-electron chi connectivity index (χ1n) is 12.7. The van der Waals surface area contributed by atoms with Gasteiger partial charge in [0.1, 0.15) is 5.69 Å². The zero-order valence-electron chi connectivity index (χ0n) is 21.4. The van der Waals surface area contributed by atoms with Crippen molar-refractivity contribution in [3.05, 3.63) is 79.0 Å². The van der Waals surface area contributed by atoms with Gasteiger partial charge in [0.05, 0.1) is 17.1 Å². The average Bonchev–Trinajstić information content (AvgIpc) is 3.36. The third-order valence-electron chi connectivity index (χ3n) is 6.64. The molecule has 1 aliphatic rings. The molecule has 4 aromatic rings. The van der Waals surface area contributed by atoms with Gasteiger partial charge >= 0.3 is 0 Å². The second-order valence-electron chi connectivity index (χ2n) is 9.42. The Bertz CT molecular complexity index is 1510. The van der Waals surface area contributed by atoms with Crippen molar-refractivity contribution in [1.82, 2.24) is 20.1 Å². The quantitative estimate of drug-likeness (QED) is 0.341. The number of anilines is 2. The lowest BCUT2D eigenvalue weighted by molar-refractivity contribution is 0.501. The lowest BCUT2D eigenvalue weighted by Gasteiger charge is -2.36. The minimum absolute atomic E-state index is 0.0838. The van der Waals surface area contributed by atoms with E-state index >= 15 is 4.39 Å². The van der Waals surface area contributed by atoms with Crippen LogP contribution < -0.4 is 14.9 Å². The van der Waals surface area contributed by atoms with Gasteiger partial charge in [-0.2, -0.15) is 5.10 Å². The molecule has 1 fully saturated rings. The van der Waals surface area contributed by atoms with Crippen molar-refractivity contribution in [3.8, 4) is 28.1 Å². The minimum Gasteiger partial charge on any atom is -0.366 e. The molecule has 0 unspecified atom stereocenters. The van der Waals surface area contributed by atoms with E-state index in [1.54, 1.807) is 42.3 Å². The number of piperazine rings is 1. The van der Waals surface area contributed by atoms with Crippen LogP contribution in [0.25, 0.3) is 28.1 Å². The first-order chi connectivity index (χ1) is 18.4. The van der Waals surface area contributed by atoms with Crippen LogP contribution in [0.1, 0.15) is 20.3 Å². The molecular formula is C28H31FN6O2S. The number of rotatable bonds is 8. The van der Waals surface area contributed by atoms with Gasteiger partial charge in [-0.15, -0.1) is 0 Å². The van der Waals surface area contributed by atoms with Gasteiger partial charge in [-0.25, -0.2) is 17.5 Å². The topological polar surface area (TPSA) is 92.2 Å². The smallest absolute Gasteiger partial charge is 0.232 e. The first kappa shape index (κ1) is 25.9. The van der Waals surface area contributed by atoms with Gasteiger partial charge in [0, 0.05) is 66.6 Å². The van der Waals surface area contributed by atoms with Gasteiger partial charge < -0.3 is 10.2 Å². The van der Waals surface area contributed by atoms with Crippen molar-refractivity contribution in [3.63, 3.8) is 0 Å². The fraction of sp³-hybridized carbons (Fsp3) is 0.286. The predicted octanol–water partition coefficient (Wildman–Crippen LogP) is 4.69. The Balaban J connectivity index is 1.55. The van der Waals surface area contributed by atoms with E-state index in [4.69, 9.17) is 5.10 Å². The van der Waals surface area contributed by atoms with E-state index in [1.807, 2.05) is 24.3 Å². The van der Waals surface area contributed by atoms with E-state index in [0.29, 0.717) is 23.7 Å². The molecule has 0 saturated carbocycles. The Labute approximate surface area is 222 Å². The largest absolute Gasteiger partial charge is 0.366 e. The normalized spacial score (nSPS) is 16.0. The number of benzene rings is 2. The Morgan fingerprint density at radius 2 is 1.79 bits per heavy atom. The third kappa shape index (κ3) is 5.41. The van der Waals surface area contributed by atoms with Crippen LogP contribution in [0.2, 0.25) is 0 Å². The van der Waals surface area contributed by atoms with Crippen LogP contribution in [0.4, 0.5) is 15.8 Å². The Morgan fingerprint density at radius 3 is 2.50 bits per heavy atom. The molecule has 2 N–H and O–H groups in total. The van der Waals surface area contributed by atoms with Gasteiger partial charge in [-0.3, -0.25) is 9.71 Å². The Hall–Kier alpha value is -3.76. The van der Waals surface area contributed by atoms with Crippen molar-refractivity contribution in [2.75, 3.05) is 35.0 Å². The molecular weight excluding hydrogens is 503 g/mol. The maximum Gasteiger partial charge on any atom is 0.232 e. The second kappa shape index (κ2) is 10.9. The summed E-state index contributed by atoms with van der Waals surface area (Å²) >= 11 is 0. The van der Waals surface area contributed by atoms with Crippen LogP contribution in [0, 0.1) is 5.82 Å². The molecule has 38 heavy (non-hydrogen) atoms. The Morgan fingerprint density at radius 1 is 1.05 bits per heavy atom. The average molecular weight is 535 g/mol. The van der Waals surface area contributed by atoms with E-state index in [2.05, 4.69) is 39.0 Å². The fourth-order valence-corrected chi connectivity index (χ4v) is 5.89. The molecule has 198 valence electrons. The summed E-state index contributed by atoms with van der Waals surface area (Å²) in [5, 5.41) is 8.23. The van der Waals surface area contributed by atoms with Crippen LogP contribution in [0.5, 0.6) is 0 Å². The molecule has 0 aliphatic carbocycles. The molecule has 10 heteroatoms. The highest BCUT2D eigenvalue weighted by Gasteiger charge is 2.22. The molecule has 2 aromatic carbocycles. The summed E-state index contributed by atoms with van der Waals surface area (Å²) in [5.41, 5.74) is 4.03. The van der Waals surface area contributed by atoms with E-state index in [1.165, 1.54) is 6.07 Å². The Kier molecular flexibility index (Phi) is 7.44. The molecule has 3 heterocycles. The number of aromatic nitrogens is 3. The van der Waals surface area contributed by atoms with Crippen molar-refractivity contribution in [2.24, 2.45) is 0 Å². The highest BCUT2D eigenvalue weighted by atomic mass is 32.2. The molecule has 8 nitrogen and oxygen atoms in total. The highest BCUT2D eigenvalue weighted by Crippen LogP contribution is 2.36. The maximum absolute atomic E-state index is 15.7. The number of sulfonamides is 1. The first-order valence-corrected chi connectivity index (χ1v) is 14.4. The van der Waals surface area contributed by atoms with Gasteiger partial charge in [-0.1, -0.05) is 19.1 Å². The van der Waals surface area contributed by atoms with Crippen molar-refractivity contribution in [1.29, 1.82) is 0 Å². The van der Waals surface area contributed by atoms with Crippen molar-refractivity contribution in [2.45, 2.75) is 26.3 Å². The minimum atomic E-state index is -3.65. The molecule has 1 atom stereocenters. The molecule has 0 spiro atoms.